The minimum Gasteiger partial charge on any atom is -0.493 e. The fourth-order valence-corrected chi connectivity index (χ4v) is 5.95. The molecule has 5 rings (SSSR count). The molecule has 1 aromatic rings. The second-order valence-corrected chi connectivity index (χ2v) is 8.07. The summed E-state index contributed by atoms with van der Waals surface area (Å²) < 4.78 is 12.1. The number of ether oxygens (including phenoxy) is 2. The Hall–Kier alpha value is -2.28. The fourth-order valence-electron chi connectivity index (χ4n) is 5.95. The molecule has 2 fully saturated rings. The smallest absolute Gasteiger partial charge is 0.344 e. The van der Waals surface area contributed by atoms with Crippen LogP contribution in [-0.4, -0.2) is 61.1 Å². The van der Waals surface area contributed by atoms with E-state index in [-0.39, 0.29) is 11.5 Å². The zero-order valence-corrected chi connectivity index (χ0v) is 15.6. The Balaban J connectivity index is 1.64. The molecule has 2 bridgehead atoms. The van der Waals surface area contributed by atoms with Crippen molar-refractivity contribution in [3.05, 3.63) is 23.3 Å². The molecule has 0 unspecified atom stereocenters. The van der Waals surface area contributed by atoms with Crippen LogP contribution in [0.3, 0.4) is 0 Å². The van der Waals surface area contributed by atoms with Crippen LogP contribution in [0.2, 0.25) is 0 Å². The molecule has 0 radical (unpaired) electrons. The number of methoxy groups -OCH3 is 1. The number of aliphatic carboxylic acids is 1. The van der Waals surface area contributed by atoms with Gasteiger partial charge in [-0.05, 0) is 56.8 Å². The molecule has 2 aliphatic heterocycles. The maximum Gasteiger partial charge on any atom is 0.344 e. The molecular formula is C20H24N2O5. The van der Waals surface area contributed by atoms with Crippen molar-refractivity contribution in [1.29, 1.82) is 0 Å². The summed E-state index contributed by atoms with van der Waals surface area (Å²) in [6.45, 7) is 0.583. The van der Waals surface area contributed by atoms with E-state index in [1.807, 2.05) is 6.07 Å². The van der Waals surface area contributed by atoms with Crippen LogP contribution in [0.1, 0.15) is 30.4 Å². The third kappa shape index (κ3) is 2.18. The van der Waals surface area contributed by atoms with Crippen molar-refractivity contribution in [1.82, 2.24) is 4.90 Å². The lowest BCUT2D eigenvalue weighted by atomic mass is 9.51. The highest BCUT2D eigenvalue weighted by Gasteiger charge is 2.65. The highest BCUT2D eigenvalue weighted by molar-refractivity contribution is 5.93. The monoisotopic (exact) mass is 372 g/mol. The Kier molecular flexibility index (Phi) is 3.66. The highest BCUT2D eigenvalue weighted by Crippen LogP contribution is 2.63. The Bertz CT molecular complexity index is 838. The molecule has 4 atom stereocenters. The van der Waals surface area contributed by atoms with E-state index in [0.717, 1.165) is 49.4 Å². The van der Waals surface area contributed by atoms with Crippen LogP contribution >= 0.6 is 0 Å². The average Bonchev–Trinajstić information content (AvgIpc) is 3.00. The van der Waals surface area contributed by atoms with E-state index in [0.29, 0.717) is 12.0 Å². The van der Waals surface area contributed by atoms with Gasteiger partial charge in [0.05, 0.1) is 12.8 Å². The van der Waals surface area contributed by atoms with Gasteiger partial charge in [-0.1, -0.05) is 11.2 Å². The van der Waals surface area contributed by atoms with Gasteiger partial charge in [0.1, 0.15) is 0 Å². The van der Waals surface area contributed by atoms with Gasteiger partial charge in [-0.2, -0.15) is 0 Å². The predicted molar refractivity (Wildman–Crippen MR) is 97.6 cm³/mol. The summed E-state index contributed by atoms with van der Waals surface area (Å²) in [5, 5.41) is 13.1. The van der Waals surface area contributed by atoms with Crippen LogP contribution in [-0.2, 0) is 21.5 Å². The van der Waals surface area contributed by atoms with Gasteiger partial charge in [0, 0.05) is 17.0 Å². The molecule has 27 heavy (non-hydrogen) atoms. The molecule has 0 amide bonds. The summed E-state index contributed by atoms with van der Waals surface area (Å²) in [6.07, 6.45) is 3.62. The van der Waals surface area contributed by atoms with Gasteiger partial charge in [-0.3, -0.25) is 0 Å². The van der Waals surface area contributed by atoms with Gasteiger partial charge in [0.2, 0.25) is 6.61 Å². The lowest BCUT2D eigenvalue weighted by Crippen LogP contribution is -2.65. The number of nitrogens with zero attached hydrogens (tertiary/aromatic N) is 2. The summed E-state index contributed by atoms with van der Waals surface area (Å²) in [5.74, 6) is 1.09. The molecule has 7 heteroatoms. The van der Waals surface area contributed by atoms with E-state index in [2.05, 4.69) is 23.2 Å². The van der Waals surface area contributed by atoms with Gasteiger partial charge in [-0.15, -0.1) is 0 Å². The van der Waals surface area contributed by atoms with Crippen LogP contribution < -0.4 is 9.47 Å². The Labute approximate surface area is 157 Å². The maximum absolute atomic E-state index is 10.8. The van der Waals surface area contributed by atoms with Crippen LogP contribution in [0.15, 0.2) is 17.3 Å². The third-order valence-electron chi connectivity index (χ3n) is 6.98. The molecule has 1 saturated carbocycles. The highest BCUT2D eigenvalue weighted by atomic mass is 16.6. The number of rotatable bonds is 4. The molecule has 2 aliphatic carbocycles. The SMILES string of the molecule is COc1ccc2c3c1O[C@H]1/C(=N\OCC(=O)O)CC[C@H]4[C@@H](C2)N(C)CC[C@]314. The van der Waals surface area contributed by atoms with E-state index in [4.69, 9.17) is 19.4 Å². The van der Waals surface area contributed by atoms with E-state index in [9.17, 15) is 4.79 Å². The van der Waals surface area contributed by atoms with Crippen molar-refractivity contribution in [2.45, 2.75) is 43.2 Å². The minimum absolute atomic E-state index is 0.113. The second-order valence-electron chi connectivity index (χ2n) is 8.07. The quantitative estimate of drug-likeness (QED) is 0.812. The molecule has 2 heterocycles. The lowest BCUT2D eigenvalue weighted by molar-refractivity contribution is -0.142. The number of hydrogen-bond donors (Lipinski definition) is 1. The number of piperidine rings is 1. The van der Waals surface area contributed by atoms with Gasteiger partial charge < -0.3 is 24.3 Å². The molecule has 0 aromatic heterocycles. The number of hydrogen-bond acceptors (Lipinski definition) is 6. The van der Waals surface area contributed by atoms with Gasteiger partial charge >= 0.3 is 5.97 Å². The number of carbonyl (C=O) groups is 1. The molecule has 1 aromatic carbocycles. The van der Waals surface area contributed by atoms with Crippen molar-refractivity contribution in [3.63, 3.8) is 0 Å². The van der Waals surface area contributed by atoms with Crippen molar-refractivity contribution in [2.24, 2.45) is 11.1 Å². The second kappa shape index (κ2) is 5.86. The summed E-state index contributed by atoms with van der Waals surface area (Å²) in [6, 6.07) is 4.67. The first-order valence-electron chi connectivity index (χ1n) is 9.54. The van der Waals surface area contributed by atoms with Gasteiger partial charge in [0.15, 0.2) is 17.6 Å². The van der Waals surface area contributed by atoms with E-state index in [1.165, 1.54) is 11.1 Å². The first kappa shape index (κ1) is 16.9. The summed E-state index contributed by atoms with van der Waals surface area (Å²) in [5.41, 5.74) is 3.35. The number of carboxylic acid groups (broad SMARTS) is 1. The van der Waals surface area contributed by atoms with Gasteiger partial charge in [0.25, 0.3) is 0 Å². The molecule has 1 N–H and O–H groups in total. The Morgan fingerprint density at radius 3 is 3.11 bits per heavy atom. The summed E-state index contributed by atoms with van der Waals surface area (Å²) in [4.78, 5) is 18.4. The Morgan fingerprint density at radius 1 is 1.48 bits per heavy atom. The maximum atomic E-state index is 10.8. The first-order valence-corrected chi connectivity index (χ1v) is 9.54. The Morgan fingerprint density at radius 2 is 2.33 bits per heavy atom. The molecule has 4 aliphatic rings. The summed E-state index contributed by atoms with van der Waals surface area (Å²) in [7, 11) is 3.89. The first-order chi connectivity index (χ1) is 13.1. The number of likely N-dealkylation sites (tertiary alicyclic amines) is 1. The number of carboxylic acids is 1. The zero-order chi connectivity index (χ0) is 18.8. The largest absolute Gasteiger partial charge is 0.493 e. The van der Waals surface area contributed by atoms with Crippen LogP contribution in [0, 0.1) is 5.92 Å². The van der Waals surface area contributed by atoms with Gasteiger partial charge in [-0.25, -0.2) is 4.79 Å². The zero-order valence-electron chi connectivity index (χ0n) is 15.6. The average molecular weight is 372 g/mol. The van der Waals surface area contributed by atoms with E-state index in [1.54, 1.807) is 7.11 Å². The van der Waals surface area contributed by atoms with Crippen molar-refractivity contribution in [2.75, 3.05) is 27.3 Å². The normalized spacial score (nSPS) is 34.7. The number of benzene rings is 1. The van der Waals surface area contributed by atoms with E-state index >= 15 is 0 Å². The van der Waals surface area contributed by atoms with E-state index < -0.39 is 12.6 Å². The minimum atomic E-state index is -1.03. The molecular weight excluding hydrogens is 348 g/mol. The molecule has 144 valence electrons. The van der Waals surface area contributed by atoms with Crippen LogP contribution in [0.4, 0.5) is 0 Å². The van der Waals surface area contributed by atoms with Crippen LogP contribution in [0.5, 0.6) is 11.5 Å². The van der Waals surface area contributed by atoms with Crippen molar-refractivity contribution in [3.8, 4) is 11.5 Å². The molecule has 1 saturated heterocycles. The fraction of sp³-hybridized carbons (Fsp3) is 0.600. The predicted octanol–water partition coefficient (Wildman–Crippen LogP) is 1.82. The molecule has 1 spiro atoms. The molecule has 7 nitrogen and oxygen atoms in total. The summed E-state index contributed by atoms with van der Waals surface area (Å²) >= 11 is 0. The van der Waals surface area contributed by atoms with Crippen LogP contribution in [0.25, 0.3) is 0 Å². The van der Waals surface area contributed by atoms with Crippen molar-refractivity contribution >= 4 is 11.7 Å². The standard InChI is InChI=1S/C20H24N2O5/c1-22-8-7-20-12-4-5-13(21-26-10-16(23)24)19(20)27-18-15(25-2)6-3-11(17(18)20)9-14(12)22/h3,6,12,14,19H,4-5,7-10H2,1-2H3,(H,23,24)/b21-13-/t12-,14+,19-,20-/m0/s1. The third-order valence-corrected chi connectivity index (χ3v) is 6.98. The number of likely N-dealkylation sites (N-methyl/N-ethyl adjacent to an activating group) is 1. The van der Waals surface area contributed by atoms with Crippen molar-refractivity contribution < 1.29 is 24.2 Å². The lowest BCUT2D eigenvalue weighted by Gasteiger charge is -2.57. The number of oxime groups is 1. The topological polar surface area (TPSA) is 80.6 Å².